The first-order valence-electron chi connectivity index (χ1n) is 5.68. The third-order valence-corrected chi connectivity index (χ3v) is 4.20. The van der Waals surface area contributed by atoms with E-state index in [1.807, 2.05) is 18.2 Å². The molecule has 1 amide bonds. The maximum absolute atomic E-state index is 13.0. The van der Waals surface area contributed by atoms with Gasteiger partial charge in [-0.25, -0.2) is 4.39 Å². The Morgan fingerprint density at radius 1 is 1.15 bits per heavy atom. The molecule has 0 aromatic heterocycles. The molecule has 0 aliphatic carbocycles. The SMILES string of the molecule is O=C(CSc1ccccc1Cl)Nc1ccc(F)c(Cl)c1. The molecule has 0 atom stereocenters. The van der Waals surface area contributed by atoms with Crippen LogP contribution in [0.15, 0.2) is 47.4 Å². The normalized spacial score (nSPS) is 10.3. The van der Waals surface area contributed by atoms with Crippen molar-refractivity contribution in [3.63, 3.8) is 0 Å². The van der Waals surface area contributed by atoms with Crippen molar-refractivity contribution in [1.29, 1.82) is 0 Å². The third kappa shape index (κ3) is 4.13. The van der Waals surface area contributed by atoms with Gasteiger partial charge in [0.2, 0.25) is 5.91 Å². The van der Waals surface area contributed by atoms with Gasteiger partial charge in [-0.3, -0.25) is 4.79 Å². The van der Waals surface area contributed by atoms with Crippen molar-refractivity contribution in [3.05, 3.63) is 58.3 Å². The molecule has 0 aliphatic rings. The fourth-order valence-electron chi connectivity index (χ4n) is 1.48. The van der Waals surface area contributed by atoms with E-state index in [4.69, 9.17) is 23.2 Å². The minimum atomic E-state index is -0.518. The second kappa shape index (κ2) is 6.97. The van der Waals surface area contributed by atoms with Gasteiger partial charge in [0, 0.05) is 10.6 Å². The molecule has 0 saturated carbocycles. The smallest absolute Gasteiger partial charge is 0.234 e. The van der Waals surface area contributed by atoms with E-state index in [2.05, 4.69) is 5.32 Å². The van der Waals surface area contributed by atoms with Crippen molar-refractivity contribution >= 4 is 46.6 Å². The zero-order valence-corrected chi connectivity index (χ0v) is 12.5. The zero-order valence-electron chi connectivity index (χ0n) is 10.2. The van der Waals surface area contributed by atoms with Gasteiger partial charge in [0.25, 0.3) is 0 Å². The van der Waals surface area contributed by atoms with E-state index in [0.29, 0.717) is 10.7 Å². The van der Waals surface area contributed by atoms with E-state index in [-0.39, 0.29) is 16.7 Å². The maximum Gasteiger partial charge on any atom is 0.234 e. The Morgan fingerprint density at radius 3 is 2.60 bits per heavy atom. The molecule has 0 heterocycles. The topological polar surface area (TPSA) is 29.1 Å². The quantitative estimate of drug-likeness (QED) is 0.811. The molecule has 20 heavy (non-hydrogen) atoms. The lowest BCUT2D eigenvalue weighted by Gasteiger charge is -2.06. The molecule has 0 radical (unpaired) electrons. The van der Waals surface area contributed by atoms with Crippen molar-refractivity contribution in [2.75, 3.05) is 11.1 Å². The Morgan fingerprint density at radius 2 is 1.90 bits per heavy atom. The van der Waals surface area contributed by atoms with Gasteiger partial charge in [0.1, 0.15) is 5.82 Å². The summed E-state index contributed by atoms with van der Waals surface area (Å²) in [5, 5.41) is 3.23. The summed E-state index contributed by atoms with van der Waals surface area (Å²) in [5.74, 6) is -0.522. The Bertz CT molecular complexity index is 636. The van der Waals surface area contributed by atoms with Crippen LogP contribution in [0.25, 0.3) is 0 Å². The van der Waals surface area contributed by atoms with Crippen LogP contribution < -0.4 is 5.32 Å². The Balaban J connectivity index is 1.93. The number of carbonyl (C=O) groups is 1. The molecule has 1 N–H and O–H groups in total. The van der Waals surface area contributed by atoms with Gasteiger partial charge >= 0.3 is 0 Å². The Hall–Kier alpha value is -1.23. The van der Waals surface area contributed by atoms with Crippen LogP contribution >= 0.6 is 35.0 Å². The lowest BCUT2D eigenvalue weighted by molar-refractivity contribution is -0.113. The summed E-state index contributed by atoms with van der Waals surface area (Å²) >= 11 is 13.0. The van der Waals surface area contributed by atoms with Gasteiger partial charge in [-0.1, -0.05) is 35.3 Å². The molecule has 0 fully saturated rings. The monoisotopic (exact) mass is 329 g/mol. The predicted octanol–water partition coefficient (Wildman–Crippen LogP) is 4.86. The summed E-state index contributed by atoms with van der Waals surface area (Å²) in [6.45, 7) is 0. The van der Waals surface area contributed by atoms with Crippen LogP contribution in [-0.4, -0.2) is 11.7 Å². The molecule has 6 heteroatoms. The first-order chi connectivity index (χ1) is 9.56. The lowest BCUT2D eigenvalue weighted by Crippen LogP contribution is -2.14. The zero-order chi connectivity index (χ0) is 14.5. The second-order valence-corrected chi connectivity index (χ2v) is 5.73. The van der Waals surface area contributed by atoms with Crippen LogP contribution in [0.3, 0.4) is 0 Å². The molecular weight excluding hydrogens is 320 g/mol. The highest BCUT2D eigenvalue weighted by atomic mass is 35.5. The molecule has 0 aliphatic heterocycles. The minimum Gasteiger partial charge on any atom is -0.325 e. The maximum atomic E-state index is 13.0. The van der Waals surface area contributed by atoms with E-state index < -0.39 is 5.82 Å². The molecule has 0 saturated heterocycles. The van der Waals surface area contributed by atoms with Gasteiger partial charge in [0.05, 0.1) is 15.8 Å². The van der Waals surface area contributed by atoms with Crippen LogP contribution in [0.1, 0.15) is 0 Å². The minimum absolute atomic E-state index is 0.0263. The summed E-state index contributed by atoms with van der Waals surface area (Å²) in [6.07, 6.45) is 0. The summed E-state index contributed by atoms with van der Waals surface area (Å²) < 4.78 is 13.0. The van der Waals surface area contributed by atoms with Crippen LogP contribution in [0.2, 0.25) is 10.0 Å². The van der Waals surface area contributed by atoms with Gasteiger partial charge in [0.15, 0.2) is 0 Å². The number of thioether (sulfide) groups is 1. The van der Waals surface area contributed by atoms with Crippen LogP contribution in [0, 0.1) is 5.82 Å². The fourth-order valence-corrected chi connectivity index (χ4v) is 2.70. The van der Waals surface area contributed by atoms with Gasteiger partial charge in [-0.2, -0.15) is 0 Å². The number of halogens is 3. The number of carbonyl (C=O) groups excluding carboxylic acids is 1. The summed E-state index contributed by atoms with van der Waals surface area (Å²) in [5.41, 5.74) is 0.459. The molecule has 104 valence electrons. The van der Waals surface area contributed by atoms with Crippen molar-refractivity contribution in [2.45, 2.75) is 4.90 Å². The highest BCUT2D eigenvalue weighted by molar-refractivity contribution is 8.00. The lowest BCUT2D eigenvalue weighted by atomic mass is 10.3. The largest absolute Gasteiger partial charge is 0.325 e. The number of nitrogens with one attached hydrogen (secondary N) is 1. The standard InChI is InChI=1S/C14H10Cl2FNOS/c15-10-3-1-2-4-13(10)20-8-14(19)18-9-5-6-12(17)11(16)7-9/h1-7H,8H2,(H,18,19). The third-order valence-electron chi connectivity index (χ3n) is 2.40. The van der Waals surface area contributed by atoms with E-state index in [9.17, 15) is 9.18 Å². The molecule has 2 nitrogen and oxygen atoms in total. The van der Waals surface area contributed by atoms with E-state index in [1.54, 1.807) is 6.07 Å². The molecule has 0 spiro atoms. The molecule has 2 aromatic carbocycles. The number of hydrogen-bond acceptors (Lipinski definition) is 2. The average molecular weight is 330 g/mol. The summed E-state index contributed by atoms with van der Waals surface area (Å²) in [4.78, 5) is 12.6. The van der Waals surface area contributed by atoms with Crippen LogP contribution in [0.5, 0.6) is 0 Å². The number of amides is 1. The Kier molecular flexibility index (Phi) is 5.29. The Labute approximate surface area is 130 Å². The summed E-state index contributed by atoms with van der Waals surface area (Å²) in [6, 6.07) is 11.3. The fraction of sp³-hybridized carbons (Fsp3) is 0.0714. The van der Waals surface area contributed by atoms with Crippen LogP contribution in [-0.2, 0) is 4.79 Å². The second-order valence-electron chi connectivity index (χ2n) is 3.90. The van der Waals surface area contributed by atoms with Gasteiger partial charge in [-0.05, 0) is 30.3 Å². The van der Waals surface area contributed by atoms with Crippen molar-refractivity contribution in [2.24, 2.45) is 0 Å². The first kappa shape index (κ1) is 15.2. The molecule has 0 unspecified atom stereocenters. The van der Waals surface area contributed by atoms with Crippen LogP contribution in [0.4, 0.5) is 10.1 Å². The highest BCUT2D eigenvalue weighted by Crippen LogP contribution is 2.26. The molecule has 0 bridgehead atoms. The summed E-state index contributed by atoms with van der Waals surface area (Å²) in [7, 11) is 0. The van der Waals surface area contributed by atoms with E-state index in [0.717, 1.165) is 4.90 Å². The average Bonchev–Trinajstić information content (AvgIpc) is 2.42. The number of rotatable bonds is 4. The van der Waals surface area contributed by atoms with E-state index >= 15 is 0 Å². The molecular formula is C14H10Cl2FNOS. The van der Waals surface area contributed by atoms with Crippen molar-refractivity contribution in [3.8, 4) is 0 Å². The van der Waals surface area contributed by atoms with E-state index in [1.165, 1.54) is 30.0 Å². The number of benzene rings is 2. The first-order valence-corrected chi connectivity index (χ1v) is 7.42. The van der Waals surface area contributed by atoms with Crippen molar-refractivity contribution in [1.82, 2.24) is 0 Å². The predicted molar refractivity (Wildman–Crippen MR) is 82.2 cm³/mol. The molecule has 2 rings (SSSR count). The highest BCUT2D eigenvalue weighted by Gasteiger charge is 2.07. The number of anilines is 1. The van der Waals surface area contributed by atoms with Gasteiger partial charge < -0.3 is 5.32 Å². The van der Waals surface area contributed by atoms with Gasteiger partial charge in [-0.15, -0.1) is 11.8 Å². The number of hydrogen-bond donors (Lipinski definition) is 1. The van der Waals surface area contributed by atoms with Crippen molar-refractivity contribution < 1.29 is 9.18 Å². The molecule has 2 aromatic rings.